The predicted octanol–water partition coefficient (Wildman–Crippen LogP) is 1.67. The van der Waals surface area contributed by atoms with Crippen molar-refractivity contribution >= 4 is 17.7 Å². The summed E-state index contributed by atoms with van der Waals surface area (Å²) < 4.78 is 0. The van der Waals surface area contributed by atoms with Gasteiger partial charge in [-0.25, -0.2) is 9.78 Å². The van der Waals surface area contributed by atoms with Crippen molar-refractivity contribution in [2.45, 2.75) is 6.42 Å². The first-order valence-electron chi connectivity index (χ1n) is 7.90. The van der Waals surface area contributed by atoms with Gasteiger partial charge in [-0.3, -0.25) is 4.79 Å². The molecule has 0 aliphatic carbocycles. The van der Waals surface area contributed by atoms with Crippen LogP contribution in [-0.4, -0.2) is 53.0 Å². The Bertz CT molecular complexity index is 725. The van der Waals surface area contributed by atoms with E-state index in [0.717, 1.165) is 5.56 Å². The molecule has 1 amide bonds. The SMILES string of the molecule is O=C(O)c1cccnc1N1CCN(C(=O)Cc2ccccc2)CC1. The summed E-state index contributed by atoms with van der Waals surface area (Å²) in [6.07, 6.45) is 1.99. The number of rotatable bonds is 4. The van der Waals surface area contributed by atoms with Crippen LogP contribution in [0.5, 0.6) is 0 Å². The smallest absolute Gasteiger partial charge is 0.339 e. The largest absolute Gasteiger partial charge is 0.478 e. The summed E-state index contributed by atoms with van der Waals surface area (Å²) in [7, 11) is 0. The Hall–Kier alpha value is -2.89. The second kappa shape index (κ2) is 7.12. The zero-order valence-electron chi connectivity index (χ0n) is 13.3. The molecule has 1 saturated heterocycles. The van der Waals surface area contributed by atoms with Gasteiger partial charge in [0.1, 0.15) is 11.4 Å². The molecule has 24 heavy (non-hydrogen) atoms. The van der Waals surface area contributed by atoms with E-state index in [9.17, 15) is 14.7 Å². The number of anilines is 1. The van der Waals surface area contributed by atoms with Crippen molar-refractivity contribution < 1.29 is 14.7 Å². The summed E-state index contributed by atoms with van der Waals surface area (Å²) in [6, 6.07) is 12.8. The zero-order chi connectivity index (χ0) is 16.9. The van der Waals surface area contributed by atoms with E-state index in [0.29, 0.717) is 38.4 Å². The van der Waals surface area contributed by atoms with Crippen LogP contribution in [-0.2, 0) is 11.2 Å². The van der Waals surface area contributed by atoms with Crippen LogP contribution in [0.2, 0.25) is 0 Å². The standard InChI is InChI=1S/C18H19N3O3/c22-16(13-14-5-2-1-3-6-14)20-9-11-21(12-10-20)17-15(18(23)24)7-4-8-19-17/h1-8H,9-13H2,(H,23,24). The van der Waals surface area contributed by atoms with Crippen molar-refractivity contribution in [3.63, 3.8) is 0 Å². The Labute approximate surface area is 140 Å². The Morgan fingerprint density at radius 1 is 1.00 bits per heavy atom. The van der Waals surface area contributed by atoms with Gasteiger partial charge < -0.3 is 14.9 Å². The zero-order valence-corrected chi connectivity index (χ0v) is 13.3. The van der Waals surface area contributed by atoms with Gasteiger partial charge in [0, 0.05) is 32.4 Å². The van der Waals surface area contributed by atoms with Crippen molar-refractivity contribution in [2.24, 2.45) is 0 Å². The normalized spacial score (nSPS) is 14.5. The van der Waals surface area contributed by atoms with Gasteiger partial charge in [-0.15, -0.1) is 0 Å². The number of carboxylic acid groups (broad SMARTS) is 1. The molecular formula is C18H19N3O3. The molecule has 124 valence electrons. The summed E-state index contributed by atoms with van der Waals surface area (Å²) in [5.41, 5.74) is 1.20. The lowest BCUT2D eigenvalue weighted by Crippen LogP contribution is -2.49. The lowest BCUT2D eigenvalue weighted by atomic mass is 10.1. The van der Waals surface area contributed by atoms with E-state index < -0.39 is 5.97 Å². The maximum atomic E-state index is 12.4. The van der Waals surface area contributed by atoms with Crippen molar-refractivity contribution in [1.82, 2.24) is 9.88 Å². The predicted molar refractivity (Wildman–Crippen MR) is 90.1 cm³/mol. The van der Waals surface area contributed by atoms with Crippen molar-refractivity contribution in [3.8, 4) is 0 Å². The molecule has 1 aromatic carbocycles. The van der Waals surface area contributed by atoms with Crippen LogP contribution in [0.4, 0.5) is 5.82 Å². The lowest BCUT2D eigenvalue weighted by Gasteiger charge is -2.36. The molecule has 0 spiro atoms. The van der Waals surface area contributed by atoms with Crippen LogP contribution in [0, 0.1) is 0 Å². The summed E-state index contributed by atoms with van der Waals surface area (Å²) in [5, 5.41) is 9.27. The van der Waals surface area contributed by atoms with Crippen LogP contribution in [0.3, 0.4) is 0 Å². The van der Waals surface area contributed by atoms with Crippen LogP contribution in [0.1, 0.15) is 15.9 Å². The number of carbonyl (C=O) groups excluding carboxylic acids is 1. The molecule has 1 aliphatic rings. The molecular weight excluding hydrogens is 306 g/mol. The van der Waals surface area contributed by atoms with Crippen molar-refractivity contribution in [3.05, 3.63) is 59.8 Å². The molecule has 0 bridgehead atoms. The number of piperazine rings is 1. The first-order valence-corrected chi connectivity index (χ1v) is 7.90. The number of aromatic carboxylic acids is 1. The third-order valence-electron chi connectivity index (χ3n) is 4.15. The minimum Gasteiger partial charge on any atom is -0.478 e. The van der Waals surface area contributed by atoms with Gasteiger partial charge in [-0.2, -0.15) is 0 Å². The fourth-order valence-electron chi connectivity index (χ4n) is 2.87. The molecule has 6 nitrogen and oxygen atoms in total. The number of hydrogen-bond acceptors (Lipinski definition) is 4. The third-order valence-corrected chi connectivity index (χ3v) is 4.15. The number of hydrogen-bond donors (Lipinski definition) is 1. The maximum Gasteiger partial charge on any atom is 0.339 e. The summed E-state index contributed by atoms with van der Waals surface area (Å²) >= 11 is 0. The fourth-order valence-corrected chi connectivity index (χ4v) is 2.87. The average Bonchev–Trinajstić information content (AvgIpc) is 2.62. The highest BCUT2D eigenvalue weighted by Gasteiger charge is 2.24. The molecule has 2 aromatic rings. The summed E-state index contributed by atoms with van der Waals surface area (Å²) in [5.74, 6) is -0.416. The Morgan fingerprint density at radius 2 is 1.71 bits per heavy atom. The first kappa shape index (κ1) is 16.0. The first-order chi connectivity index (χ1) is 11.6. The molecule has 1 aromatic heterocycles. The molecule has 2 heterocycles. The van der Waals surface area contributed by atoms with Crippen molar-refractivity contribution in [2.75, 3.05) is 31.1 Å². The number of amides is 1. The summed E-state index contributed by atoms with van der Waals surface area (Å²) in [6.45, 7) is 2.30. The van der Waals surface area contributed by atoms with Gasteiger partial charge in [0.2, 0.25) is 5.91 Å². The van der Waals surface area contributed by atoms with E-state index in [1.165, 1.54) is 0 Å². The minimum atomic E-state index is -0.985. The van der Waals surface area contributed by atoms with E-state index in [2.05, 4.69) is 4.98 Å². The van der Waals surface area contributed by atoms with Gasteiger partial charge in [0.05, 0.1) is 6.42 Å². The van der Waals surface area contributed by atoms with Gasteiger partial charge in [-0.1, -0.05) is 30.3 Å². The highest BCUT2D eigenvalue weighted by atomic mass is 16.4. The van der Waals surface area contributed by atoms with E-state index >= 15 is 0 Å². The molecule has 1 fully saturated rings. The number of aromatic nitrogens is 1. The number of carbonyl (C=O) groups is 2. The van der Waals surface area contributed by atoms with E-state index in [1.54, 1.807) is 18.3 Å². The van der Waals surface area contributed by atoms with E-state index in [-0.39, 0.29) is 11.5 Å². The fraction of sp³-hybridized carbons (Fsp3) is 0.278. The quantitative estimate of drug-likeness (QED) is 0.926. The highest BCUT2D eigenvalue weighted by Crippen LogP contribution is 2.19. The topological polar surface area (TPSA) is 73.7 Å². The molecule has 0 unspecified atom stereocenters. The number of pyridine rings is 1. The van der Waals surface area contributed by atoms with Crippen molar-refractivity contribution in [1.29, 1.82) is 0 Å². The number of carboxylic acids is 1. The van der Waals surface area contributed by atoms with Gasteiger partial charge in [0.25, 0.3) is 0 Å². The lowest BCUT2D eigenvalue weighted by molar-refractivity contribution is -0.130. The van der Waals surface area contributed by atoms with Gasteiger partial charge in [-0.05, 0) is 17.7 Å². The molecule has 1 N–H and O–H groups in total. The second-order valence-electron chi connectivity index (χ2n) is 5.71. The molecule has 6 heteroatoms. The number of benzene rings is 1. The molecule has 1 aliphatic heterocycles. The molecule has 3 rings (SSSR count). The molecule has 0 saturated carbocycles. The van der Waals surface area contributed by atoms with Gasteiger partial charge in [0.15, 0.2) is 0 Å². The maximum absolute atomic E-state index is 12.4. The van der Waals surface area contributed by atoms with Crippen LogP contribution >= 0.6 is 0 Å². The Balaban J connectivity index is 1.62. The van der Waals surface area contributed by atoms with Crippen LogP contribution in [0.15, 0.2) is 48.7 Å². The summed E-state index contributed by atoms with van der Waals surface area (Å²) in [4.78, 5) is 31.6. The Morgan fingerprint density at radius 3 is 2.38 bits per heavy atom. The van der Waals surface area contributed by atoms with E-state index in [1.807, 2.05) is 40.1 Å². The number of nitrogens with zero attached hydrogens (tertiary/aromatic N) is 3. The second-order valence-corrected chi connectivity index (χ2v) is 5.71. The monoisotopic (exact) mass is 325 g/mol. The molecule has 0 radical (unpaired) electrons. The van der Waals surface area contributed by atoms with Gasteiger partial charge >= 0.3 is 5.97 Å². The Kier molecular flexibility index (Phi) is 4.74. The third kappa shape index (κ3) is 3.53. The molecule has 0 atom stereocenters. The van der Waals surface area contributed by atoms with Crippen LogP contribution in [0.25, 0.3) is 0 Å². The minimum absolute atomic E-state index is 0.0975. The van der Waals surface area contributed by atoms with Crippen LogP contribution < -0.4 is 4.90 Å². The average molecular weight is 325 g/mol. The van der Waals surface area contributed by atoms with E-state index in [4.69, 9.17) is 0 Å². The highest BCUT2D eigenvalue weighted by molar-refractivity contribution is 5.93.